The number of imidazole rings is 1. The van der Waals surface area contributed by atoms with Crippen LogP contribution in [0.3, 0.4) is 0 Å². The Kier molecular flexibility index (Phi) is 7.09. The number of fused-ring (bicyclic) bond motifs is 1. The van der Waals surface area contributed by atoms with Crippen molar-refractivity contribution in [1.82, 2.24) is 15.0 Å². The van der Waals surface area contributed by atoms with Gasteiger partial charge in [-0.15, -0.1) is 0 Å². The summed E-state index contributed by atoms with van der Waals surface area (Å²) in [6.45, 7) is 0.522. The number of hydrazone groups is 1. The van der Waals surface area contributed by atoms with Gasteiger partial charge in [-0.3, -0.25) is 4.79 Å². The molecule has 0 aliphatic rings. The summed E-state index contributed by atoms with van der Waals surface area (Å²) in [6, 6.07) is 19.7. The molecule has 0 atom stereocenters. The van der Waals surface area contributed by atoms with Crippen LogP contribution in [0.15, 0.2) is 77.0 Å². The van der Waals surface area contributed by atoms with Crippen molar-refractivity contribution >= 4 is 58.1 Å². The molecule has 32 heavy (non-hydrogen) atoms. The number of halogens is 3. The zero-order chi connectivity index (χ0) is 22.5. The van der Waals surface area contributed by atoms with Gasteiger partial charge in [-0.05, 0) is 35.9 Å². The third kappa shape index (κ3) is 5.12. The number of amides is 1. The van der Waals surface area contributed by atoms with Gasteiger partial charge in [0, 0.05) is 10.6 Å². The number of para-hydroxylation sites is 2. The van der Waals surface area contributed by atoms with Crippen molar-refractivity contribution in [2.45, 2.75) is 11.7 Å². The van der Waals surface area contributed by atoms with Gasteiger partial charge in [-0.2, -0.15) is 5.10 Å². The maximum atomic E-state index is 13.8. The minimum atomic E-state index is -0.516. The van der Waals surface area contributed by atoms with Crippen molar-refractivity contribution < 1.29 is 9.18 Å². The molecule has 1 N–H and O–H groups in total. The van der Waals surface area contributed by atoms with Crippen LogP contribution in [0.2, 0.25) is 10.0 Å². The van der Waals surface area contributed by atoms with Crippen molar-refractivity contribution in [1.29, 1.82) is 0 Å². The lowest BCUT2D eigenvalue weighted by Gasteiger charge is -2.10. The van der Waals surface area contributed by atoms with Gasteiger partial charge >= 0.3 is 0 Å². The highest BCUT2D eigenvalue weighted by atomic mass is 35.5. The molecule has 1 amide bonds. The normalized spacial score (nSPS) is 11.3. The first-order valence-corrected chi connectivity index (χ1v) is 11.3. The molecule has 3 aromatic carbocycles. The van der Waals surface area contributed by atoms with Crippen LogP contribution >= 0.6 is 35.0 Å². The first-order valence-electron chi connectivity index (χ1n) is 9.60. The Balaban J connectivity index is 1.47. The zero-order valence-corrected chi connectivity index (χ0v) is 19.0. The number of nitrogens with zero attached hydrogens (tertiary/aromatic N) is 3. The van der Waals surface area contributed by atoms with Gasteiger partial charge in [0.05, 0.1) is 34.6 Å². The highest BCUT2D eigenvalue weighted by Gasteiger charge is 2.14. The average Bonchev–Trinajstić information content (AvgIpc) is 3.13. The van der Waals surface area contributed by atoms with Crippen molar-refractivity contribution in [3.63, 3.8) is 0 Å². The molecule has 0 aliphatic heterocycles. The molecular weight excluding hydrogens is 470 g/mol. The molecule has 0 saturated heterocycles. The van der Waals surface area contributed by atoms with E-state index >= 15 is 0 Å². The molecule has 0 unspecified atom stereocenters. The third-order valence-electron chi connectivity index (χ3n) is 4.62. The number of rotatable bonds is 7. The van der Waals surface area contributed by atoms with Gasteiger partial charge in [0.1, 0.15) is 5.82 Å². The maximum absolute atomic E-state index is 13.8. The Morgan fingerprint density at radius 3 is 2.62 bits per heavy atom. The van der Waals surface area contributed by atoms with Crippen molar-refractivity contribution in [2.24, 2.45) is 5.10 Å². The SMILES string of the molecule is O=C(CSc1nc2ccccc2n1Cc1ccccc1Cl)N/N=C/c1c(F)cccc1Cl. The van der Waals surface area contributed by atoms with Crippen LogP contribution < -0.4 is 5.43 Å². The van der Waals surface area contributed by atoms with E-state index in [-0.39, 0.29) is 22.2 Å². The van der Waals surface area contributed by atoms with Crippen LogP contribution in [-0.4, -0.2) is 27.4 Å². The van der Waals surface area contributed by atoms with Crippen LogP contribution in [0.1, 0.15) is 11.1 Å². The Hall–Kier alpha value is -2.87. The molecule has 162 valence electrons. The number of benzene rings is 3. The van der Waals surface area contributed by atoms with Gasteiger partial charge in [0.2, 0.25) is 0 Å². The fourth-order valence-corrected chi connectivity index (χ4v) is 4.29. The zero-order valence-electron chi connectivity index (χ0n) is 16.6. The van der Waals surface area contributed by atoms with Crippen molar-refractivity contribution in [3.8, 4) is 0 Å². The number of aromatic nitrogens is 2. The number of thioether (sulfide) groups is 1. The highest BCUT2D eigenvalue weighted by molar-refractivity contribution is 7.99. The lowest BCUT2D eigenvalue weighted by molar-refractivity contribution is -0.118. The topological polar surface area (TPSA) is 59.3 Å². The monoisotopic (exact) mass is 486 g/mol. The molecule has 5 nitrogen and oxygen atoms in total. The molecule has 4 aromatic rings. The third-order valence-corrected chi connectivity index (χ3v) is 6.30. The van der Waals surface area contributed by atoms with Gasteiger partial charge in [0.15, 0.2) is 5.16 Å². The summed E-state index contributed by atoms with van der Waals surface area (Å²) in [7, 11) is 0. The number of carbonyl (C=O) groups excluding carboxylic acids is 1. The summed E-state index contributed by atoms with van der Waals surface area (Å²) in [4.78, 5) is 16.9. The van der Waals surface area contributed by atoms with Gasteiger partial charge in [0.25, 0.3) is 5.91 Å². The lowest BCUT2D eigenvalue weighted by Crippen LogP contribution is -2.20. The van der Waals surface area contributed by atoms with Crippen LogP contribution in [0, 0.1) is 5.82 Å². The molecule has 0 fully saturated rings. The summed E-state index contributed by atoms with van der Waals surface area (Å²) in [5, 5.41) is 5.38. The maximum Gasteiger partial charge on any atom is 0.250 e. The predicted octanol–water partition coefficient (Wildman–Crippen LogP) is 5.77. The second-order valence-electron chi connectivity index (χ2n) is 6.78. The Bertz CT molecular complexity index is 1290. The molecule has 0 radical (unpaired) electrons. The number of nitrogens with one attached hydrogen (secondary N) is 1. The van der Waals surface area contributed by atoms with Gasteiger partial charge in [-0.1, -0.05) is 71.4 Å². The molecule has 1 aromatic heterocycles. The van der Waals surface area contributed by atoms with Crippen molar-refractivity contribution in [2.75, 3.05) is 5.75 Å². The van der Waals surface area contributed by atoms with Crippen molar-refractivity contribution in [3.05, 3.63) is 93.7 Å². The summed E-state index contributed by atoms with van der Waals surface area (Å²) < 4.78 is 15.8. The minimum Gasteiger partial charge on any atom is -0.314 e. The largest absolute Gasteiger partial charge is 0.314 e. The Morgan fingerprint density at radius 1 is 1.06 bits per heavy atom. The second kappa shape index (κ2) is 10.2. The fourth-order valence-electron chi connectivity index (χ4n) is 3.08. The average molecular weight is 487 g/mol. The molecule has 0 aliphatic carbocycles. The Labute approximate surface area is 198 Å². The summed E-state index contributed by atoms with van der Waals surface area (Å²) in [5.74, 6) is -0.790. The van der Waals surface area contributed by atoms with Crippen LogP contribution in [0.25, 0.3) is 11.0 Å². The predicted molar refractivity (Wildman–Crippen MR) is 128 cm³/mol. The summed E-state index contributed by atoms with van der Waals surface area (Å²) in [6.07, 6.45) is 1.19. The first-order chi connectivity index (χ1) is 15.5. The van der Waals surface area contributed by atoms with E-state index in [9.17, 15) is 9.18 Å². The number of hydrogen-bond donors (Lipinski definition) is 1. The molecule has 0 bridgehead atoms. The molecule has 9 heteroatoms. The molecule has 1 heterocycles. The molecule has 0 saturated carbocycles. The van der Waals surface area contributed by atoms with E-state index in [1.54, 1.807) is 6.07 Å². The second-order valence-corrected chi connectivity index (χ2v) is 8.53. The quantitative estimate of drug-likeness (QED) is 0.205. The van der Waals surface area contributed by atoms with E-state index in [0.29, 0.717) is 16.7 Å². The van der Waals surface area contributed by atoms with Crippen LogP contribution in [0.5, 0.6) is 0 Å². The molecule has 4 rings (SSSR count). The standard InChI is InChI=1S/C23H17Cl2FN4OS/c24-17-7-2-1-6-15(17)13-30-21-11-4-3-10-20(21)28-23(30)32-14-22(31)29-27-12-16-18(25)8-5-9-19(16)26/h1-12H,13-14H2,(H,29,31)/b27-12+. The molecule has 0 spiro atoms. The van der Waals surface area contributed by atoms with E-state index in [4.69, 9.17) is 23.2 Å². The molecular formula is C23H17Cl2FN4OS. The minimum absolute atomic E-state index is 0.0776. The van der Waals surface area contributed by atoms with E-state index in [0.717, 1.165) is 16.6 Å². The summed E-state index contributed by atoms with van der Waals surface area (Å²) in [5.41, 5.74) is 5.24. The Morgan fingerprint density at radius 2 is 1.81 bits per heavy atom. The highest BCUT2D eigenvalue weighted by Crippen LogP contribution is 2.27. The number of carbonyl (C=O) groups is 1. The van der Waals surface area contributed by atoms with Crippen LogP contribution in [0.4, 0.5) is 4.39 Å². The summed E-state index contributed by atoms with van der Waals surface area (Å²) >= 11 is 13.6. The van der Waals surface area contributed by atoms with Crippen LogP contribution in [-0.2, 0) is 11.3 Å². The van der Waals surface area contributed by atoms with E-state index in [2.05, 4.69) is 15.5 Å². The van der Waals surface area contributed by atoms with E-state index in [1.165, 1.54) is 30.1 Å². The van der Waals surface area contributed by atoms with Gasteiger partial charge < -0.3 is 4.57 Å². The van der Waals surface area contributed by atoms with E-state index < -0.39 is 5.82 Å². The van der Waals surface area contributed by atoms with Gasteiger partial charge in [-0.25, -0.2) is 14.8 Å². The fraction of sp³-hybridized carbons (Fsp3) is 0.0870. The first kappa shape index (κ1) is 22.3. The smallest absolute Gasteiger partial charge is 0.250 e. The lowest BCUT2D eigenvalue weighted by atomic mass is 10.2. The number of hydrogen-bond acceptors (Lipinski definition) is 4. The van der Waals surface area contributed by atoms with E-state index in [1.807, 2.05) is 53.1 Å².